The number of halogens is 1. The van der Waals surface area contributed by atoms with Gasteiger partial charge in [-0.05, 0) is 88.3 Å². The van der Waals surface area contributed by atoms with Crippen molar-refractivity contribution in [2.45, 2.75) is 57.0 Å². The highest BCUT2D eigenvalue weighted by atomic mass is 79.9. The topological polar surface area (TPSA) is 97.4 Å². The van der Waals surface area contributed by atoms with Crippen LogP contribution in [0.1, 0.15) is 50.5 Å². The second-order valence-electron chi connectivity index (χ2n) is 11.4. The number of nitrogens with zero attached hydrogens (tertiary/aromatic N) is 6. The van der Waals surface area contributed by atoms with E-state index in [0.29, 0.717) is 22.7 Å². The number of piperazine rings is 1. The summed E-state index contributed by atoms with van der Waals surface area (Å²) in [6.45, 7) is 4.18. The molecule has 10 heteroatoms. The minimum atomic E-state index is -0.422. The lowest BCUT2D eigenvalue weighted by atomic mass is 9.46. The van der Waals surface area contributed by atoms with Gasteiger partial charge < -0.3 is 15.0 Å². The molecule has 0 spiro atoms. The van der Waals surface area contributed by atoms with E-state index in [1.165, 1.54) is 12.0 Å². The molecule has 4 saturated carbocycles. The molecule has 5 aliphatic rings. The van der Waals surface area contributed by atoms with Gasteiger partial charge in [-0.15, -0.1) is 0 Å². The van der Waals surface area contributed by atoms with E-state index in [4.69, 9.17) is 0 Å². The van der Waals surface area contributed by atoms with Crippen LogP contribution in [0.3, 0.4) is 0 Å². The fraction of sp³-hybridized carbons (Fsp3) is 0.640. The zero-order valence-corrected chi connectivity index (χ0v) is 21.4. The number of pyridine rings is 1. The highest BCUT2D eigenvalue weighted by Crippen LogP contribution is 2.65. The molecule has 1 aliphatic heterocycles. The Labute approximate surface area is 213 Å². The number of hydrogen-bond acceptors (Lipinski definition) is 6. The van der Waals surface area contributed by atoms with Crippen LogP contribution in [0.4, 0.5) is 5.82 Å². The molecule has 0 aromatic carbocycles. The Kier molecular flexibility index (Phi) is 5.71. The van der Waals surface area contributed by atoms with Crippen molar-refractivity contribution >= 4 is 27.7 Å². The normalized spacial score (nSPS) is 32.2. The zero-order valence-electron chi connectivity index (χ0n) is 19.8. The van der Waals surface area contributed by atoms with E-state index >= 15 is 0 Å². The summed E-state index contributed by atoms with van der Waals surface area (Å²) in [6, 6.07) is 4.06. The first kappa shape index (κ1) is 23.1. The molecule has 2 atom stereocenters. The van der Waals surface area contributed by atoms with Crippen LogP contribution in [0, 0.1) is 27.4 Å². The summed E-state index contributed by atoms with van der Waals surface area (Å²) >= 11 is 3.34. The van der Waals surface area contributed by atoms with Crippen LogP contribution < -0.4 is 0 Å². The van der Waals surface area contributed by atoms with Gasteiger partial charge in [-0.3, -0.25) is 14.7 Å². The second-order valence-corrected chi connectivity index (χ2v) is 12.2. The minimum absolute atomic E-state index is 0.0127. The van der Waals surface area contributed by atoms with Crippen LogP contribution in [-0.2, 0) is 16.9 Å². The first-order valence-electron chi connectivity index (χ1n) is 12.6. The average molecular weight is 543 g/mol. The predicted molar refractivity (Wildman–Crippen MR) is 132 cm³/mol. The zero-order chi connectivity index (χ0) is 24.2. The lowest BCUT2D eigenvalue weighted by Crippen LogP contribution is -2.58. The van der Waals surface area contributed by atoms with Crippen molar-refractivity contribution in [3.63, 3.8) is 0 Å². The van der Waals surface area contributed by atoms with Gasteiger partial charge in [0.05, 0.1) is 16.8 Å². The van der Waals surface area contributed by atoms with Crippen molar-refractivity contribution in [3.8, 4) is 0 Å². The number of rotatable bonds is 6. The molecule has 2 unspecified atom stereocenters. The van der Waals surface area contributed by atoms with Crippen LogP contribution in [0.25, 0.3) is 0 Å². The summed E-state index contributed by atoms with van der Waals surface area (Å²) in [5.41, 5.74) is 0.988. The molecule has 1 saturated heterocycles. The highest BCUT2D eigenvalue weighted by molar-refractivity contribution is 9.10. The molecule has 2 aromatic rings. The quantitative estimate of drug-likeness (QED) is 0.404. The second kappa shape index (κ2) is 8.65. The van der Waals surface area contributed by atoms with Gasteiger partial charge in [-0.2, -0.15) is 4.68 Å². The van der Waals surface area contributed by atoms with Crippen LogP contribution >= 0.6 is 15.9 Å². The summed E-state index contributed by atoms with van der Waals surface area (Å²) in [6.07, 6.45) is 12.4. The Hall–Kier alpha value is -2.33. The van der Waals surface area contributed by atoms with Crippen LogP contribution in [-0.4, -0.2) is 61.6 Å². The van der Waals surface area contributed by atoms with Gasteiger partial charge in [0.15, 0.2) is 0 Å². The SMILES string of the molecule is O=C(CC12CC3CC(C1)CC(n1cc(Br)c([N+](=O)[O-])n1)(C3)C2)N1CCN(Cc2cccnc2)CC1. The first-order chi connectivity index (χ1) is 16.8. The third-order valence-electron chi connectivity index (χ3n) is 8.84. The van der Waals surface area contributed by atoms with Gasteiger partial charge in [-0.25, -0.2) is 0 Å². The molecule has 0 N–H and O–H groups in total. The summed E-state index contributed by atoms with van der Waals surface area (Å²) < 4.78 is 2.32. The number of hydrogen-bond donors (Lipinski definition) is 0. The summed E-state index contributed by atoms with van der Waals surface area (Å²) in [5, 5.41) is 15.8. The molecule has 3 heterocycles. The van der Waals surface area contributed by atoms with Gasteiger partial charge in [0.25, 0.3) is 0 Å². The Balaban J connectivity index is 1.14. The number of aromatic nitrogens is 3. The van der Waals surface area contributed by atoms with E-state index in [1.54, 1.807) is 12.4 Å². The molecule has 186 valence electrons. The maximum atomic E-state index is 13.5. The molecule has 9 nitrogen and oxygen atoms in total. The van der Waals surface area contributed by atoms with Crippen LogP contribution in [0.2, 0.25) is 0 Å². The molecule has 2 aromatic heterocycles. The fourth-order valence-corrected chi connectivity index (χ4v) is 8.34. The van der Waals surface area contributed by atoms with Crippen molar-refractivity contribution in [1.82, 2.24) is 24.6 Å². The van der Waals surface area contributed by atoms with Crippen LogP contribution in [0.5, 0.6) is 0 Å². The Morgan fingerprint density at radius 3 is 2.54 bits per heavy atom. The Morgan fingerprint density at radius 1 is 1.17 bits per heavy atom. The number of carbonyl (C=O) groups is 1. The number of nitro groups is 1. The Morgan fingerprint density at radius 2 is 1.91 bits per heavy atom. The maximum Gasteiger partial charge on any atom is 0.404 e. The van der Waals surface area contributed by atoms with Gasteiger partial charge in [0.1, 0.15) is 4.47 Å². The molecule has 4 bridgehead atoms. The molecule has 7 rings (SSSR count). The molecular weight excluding hydrogens is 512 g/mol. The van der Waals surface area contributed by atoms with E-state index in [-0.39, 0.29) is 22.7 Å². The smallest absolute Gasteiger partial charge is 0.358 e. The predicted octanol–water partition coefficient (Wildman–Crippen LogP) is 3.98. The maximum absolute atomic E-state index is 13.5. The largest absolute Gasteiger partial charge is 0.404 e. The van der Waals surface area contributed by atoms with Crippen molar-refractivity contribution in [2.24, 2.45) is 17.3 Å². The average Bonchev–Trinajstić information content (AvgIpc) is 3.22. The highest BCUT2D eigenvalue weighted by Gasteiger charge is 2.60. The molecule has 4 aliphatic carbocycles. The fourth-order valence-electron chi connectivity index (χ4n) is 7.93. The van der Waals surface area contributed by atoms with E-state index < -0.39 is 4.92 Å². The molecule has 35 heavy (non-hydrogen) atoms. The summed E-state index contributed by atoms with van der Waals surface area (Å²) in [4.78, 5) is 33.2. The monoisotopic (exact) mass is 542 g/mol. The van der Waals surface area contributed by atoms with Crippen molar-refractivity contribution in [2.75, 3.05) is 26.2 Å². The third-order valence-corrected chi connectivity index (χ3v) is 9.40. The molecule has 0 radical (unpaired) electrons. The van der Waals surface area contributed by atoms with Gasteiger partial charge in [-0.1, -0.05) is 6.07 Å². The lowest BCUT2D eigenvalue weighted by molar-refractivity contribution is -0.390. The van der Waals surface area contributed by atoms with Crippen molar-refractivity contribution in [1.29, 1.82) is 0 Å². The summed E-state index contributed by atoms with van der Waals surface area (Å²) in [7, 11) is 0. The van der Waals surface area contributed by atoms with Gasteiger partial charge in [0.2, 0.25) is 5.91 Å². The van der Waals surface area contributed by atoms with Crippen molar-refractivity contribution < 1.29 is 9.72 Å². The van der Waals surface area contributed by atoms with E-state index in [1.807, 2.05) is 16.9 Å². The summed E-state index contributed by atoms with van der Waals surface area (Å²) in [5.74, 6) is 1.30. The van der Waals surface area contributed by atoms with Crippen molar-refractivity contribution in [3.05, 3.63) is 50.9 Å². The van der Waals surface area contributed by atoms with Crippen LogP contribution in [0.15, 0.2) is 35.2 Å². The van der Waals surface area contributed by atoms with Gasteiger partial charge in [0, 0.05) is 51.5 Å². The van der Waals surface area contributed by atoms with E-state index in [0.717, 1.165) is 64.8 Å². The third kappa shape index (κ3) is 4.28. The molecular formula is C25H31BrN6O3. The Bertz CT molecular complexity index is 1120. The lowest BCUT2D eigenvalue weighted by Gasteiger charge is -2.61. The minimum Gasteiger partial charge on any atom is -0.358 e. The standard InChI is InChI=1S/C25H31BrN6O3/c26-21-16-31(28-23(21)32(34)35)25-11-19-8-20(12-25)10-24(9-19,17-25)13-22(33)30-6-4-29(5-7-30)15-18-2-1-3-27-14-18/h1-3,14,16,19-20H,4-13,15,17H2. The van der Waals surface area contributed by atoms with E-state index in [2.05, 4.69) is 41.9 Å². The molecule has 5 fully saturated rings. The van der Waals surface area contributed by atoms with E-state index in [9.17, 15) is 14.9 Å². The van der Waals surface area contributed by atoms with Gasteiger partial charge >= 0.3 is 5.82 Å². The first-order valence-corrected chi connectivity index (χ1v) is 13.4. The number of amides is 1. The number of carbonyl (C=O) groups excluding carboxylic acids is 1. The molecule has 1 amide bonds.